The zero-order valence-electron chi connectivity index (χ0n) is 10.5. The molecule has 1 saturated heterocycles. The Balaban J connectivity index is 2.77. The molecular weight excluding hydrogens is 226 g/mol. The molecule has 0 radical (unpaired) electrons. The molecule has 2 atom stereocenters. The fraction of sp³-hybridized carbons (Fsp3) is 0.818. The second kappa shape index (κ2) is 6.56. The number of esters is 2. The first-order valence-corrected chi connectivity index (χ1v) is 5.57. The minimum atomic E-state index is -0.433. The lowest BCUT2D eigenvalue weighted by Crippen LogP contribution is -2.53. The second-order valence-electron chi connectivity index (χ2n) is 3.91. The van der Waals surface area contributed by atoms with Gasteiger partial charge in [-0.1, -0.05) is 0 Å². The molecule has 0 bridgehead atoms. The van der Waals surface area contributed by atoms with E-state index in [1.165, 1.54) is 14.2 Å². The van der Waals surface area contributed by atoms with Gasteiger partial charge in [-0.2, -0.15) is 0 Å². The predicted octanol–water partition coefficient (Wildman–Crippen LogP) is 0.159. The number of nitrogens with zero attached hydrogens (tertiary/aromatic N) is 1. The van der Waals surface area contributed by atoms with Crippen LogP contribution in [0.2, 0.25) is 0 Å². The summed E-state index contributed by atoms with van der Waals surface area (Å²) in [6.45, 7) is 0.0365. The van der Waals surface area contributed by atoms with E-state index >= 15 is 0 Å². The smallest absolute Gasteiger partial charge is 0.323 e. The zero-order chi connectivity index (χ0) is 12.8. The van der Waals surface area contributed by atoms with E-state index in [2.05, 4.69) is 4.74 Å². The highest BCUT2D eigenvalue weighted by Gasteiger charge is 2.37. The van der Waals surface area contributed by atoms with Gasteiger partial charge in [-0.3, -0.25) is 14.5 Å². The number of hydrogen-bond acceptors (Lipinski definition) is 6. The maximum absolute atomic E-state index is 11.6. The molecule has 0 aromatic carbocycles. The van der Waals surface area contributed by atoms with Crippen molar-refractivity contribution >= 4 is 11.9 Å². The molecule has 0 spiro atoms. The molecule has 0 saturated carbocycles. The van der Waals surface area contributed by atoms with E-state index in [4.69, 9.17) is 9.47 Å². The monoisotopic (exact) mass is 245 g/mol. The van der Waals surface area contributed by atoms with Crippen molar-refractivity contribution in [2.45, 2.75) is 31.5 Å². The van der Waals surface area contributed by atoms with Crippen LogP contribution >= 0.6 is 0 Å². The van der Waals surface area contributed by atoms with E-state index in [-0.39, 0.29) is 24.7 Å². The summed E-state index contributed by atoms with van der Waals surface area (Å²) < 4.78 is 14.6. The summed E-state index contributed by atoms with van der Waals surface area (Å²) in [6.07, 6.45) is 2.09. The van der Waals surface area contributed by atoms with E-state index in [1.54, 1.807) is 12.0 Å². The molecule has 1 aliphatic heterocycles. The van der Waals surface area contributed by atoms with Crippen LogP contribution in [0.1, 0.15) is 19.3 Å². The SMILES string of the molecule is COC(=O)CN1C(OC)CCC[C@@H]1C(=O)OC. The van der Waals surface area contributed by atoms with E-state index in [9.17, 15) is 9.59 Å². The van der Waals surface area contributed by atoms with Gasteiger partial charge in [0.1, 0.15) is 12.3 Å². The maximum atomic E-state index is 11.6. The highest BCUT2D eigenvalue weighted by molar-refractivity contribution is 5.77. The highest BCUT2D eigenvalue weighted by atomic mass is 16.5. The van der Waals surface area contributed by atoms with Crippen molar-refractivity contribution in [1.82, 2.24) is 4.90 Å². The number of piperidine rings is 1. The lowest BCUT2D eigenvalue weighted by atomic mass is 10.0. The Kier molecular flexibility index (Phi) is 5.37. The third-order valence-electron chi connectivity index (χ3n) is 2.98. The predicted molar refractivity (Wildman–Crippen MR) is 59.2 cm³/mol. The van der Waals surface area contributed by atoms with E-state index < -0.39 is 6.04 Å². The fourth-order valence-electron chi connectivity index (χ4n) is 2.09. The first-order chi connectivity index (χ1) is 8.13. The zero-order valence-corrected chi connectivity index (χ0v) is 10.5. The Hall–Kier alpha value is -1.14. The Labute approximate surface area is 101 Å². The molecule has 17 heavy (non-hydrogen) atoms. The van der Waals surface area contributed by atoms with Crippen LogP contribution in [0.4, 0.5) is 0 Å². The van der Waals surface area contributed by atoms with Crippen molar-refractivity contribution in [3.8, 4) is 0 Å². The number of ether oxygens (including phenoxy) is 3. The van der Waals surface area contributed by atoms with Crippen LogP contribution in [0.15, 0.2) is 0 Å². The molecule has 1 heterocycles. The van der Waals surface area contributed by atoms with Crippen molar-refractivity contribution in [3.05, 3.63) is 0 Å². The summed E-state index contributed by atoms with van der Waals surface area (Å²) >= 11 is 0. The molecule has 6 heteroatoms. The van der Waals surface area contributed by atoms with E-state index in [0.29, 0.717) is 6.42 Å². The lowest BCUT2D eigenvalue weighted by molar-refractivity contribution is -0.164. The maximum Gasteiger partial charge on any atom is 0.323 e. The van der Waals surface area contributed by atoms with Crippen molar-refractivity contribution in [1.29, 1.82) is 0 Å². The van der Waals surface area contributed by atoms with Crippen molar-refractivity contribution in [3.63, 3.8) is 0 Å². The van der Waals surface area contributed by atoms with Gasteiger partial charge in [0.25, 0.3) is 0 Å². The summed E-state index contributed by atoms with van der Waals surface area (Å²) in [4.78, 5) is 24.7. The van der Waals surface area contributed by atoms with Gasteiger partial charge in [0.2, 0.25) is 0 Å². The van der Waals surface area contributed by atoms with Gasteiger partial charge < -0.3 is 14.2 Å². The highest BCUT2D eigenvalue weighted by Crippen LogP contribution is 2.24. The Morgan fingerprint density at radius 2 is 1.88 bits per heavy atom. The first kappa shape index (κ1) is 13.9. The second-order valence-corrected chi connectivity index (χ2v) is 3.91. The van der Waals surface area contributed by atoms with Crippen LogP contribution in [0, 0.1) is 0 Å². The van der Waals surface area contributed by atoms with E-state index in [0.717, 1.165) is 12.8 Å². The van der Waals surface area contributed by atoms with Gasteiger partial charge in [-0.05, 0) is 19.3 Å². The molecule has 0 aromatic rings. The van der Waals surface area contributed by atoms with Crippen LogP contribution < -0.4 is 0 Å². The number of likely N-dealkylation sites (tertiary alicyclic amines) is 1. The third-order valence-corrected chi connectivity index (χ3v) is 2.98. The topological polar surface area (TPSA) is 65.1 Å². The van der Waals surface area contributed by atoms with Gasteiger partial charge in [0.15, 0.2) is 0 Å². The molecule has 1 unspecified atom stereocenters. The van der Waals surface area contributed by atoms with Gasteiger partial charge in [0, 0.05) is 7.11 Å². The van der Waals surface area contributed by atoms with Crippen LogP contribution in [-0.4, -0.2) is 57.0 Å². The Morgan fingerprint density at radius 1 is 1.18 bits per heavy atom. The number of methoxy groups -OCH3 is 3. The molecule has 6 nitrogen and oxygen atoms in total. The number of carbonyl (C=O) groups is 2. The third kappa shape index (κ3) is 3.41. The number of rotatable bonds is 4. The number of carbonyl (C=O) groups excluding carboxylic acids is 2. The Bertz CT molecular complexity index is 281. The molecule has 1 aliphatic rings. The van der Waals surface area contributed by atoms with Crippen molar-refractivity contribution in [2.24, 2.45) is 0 Å². The van der Waals surface area contributed by atoms with Crippen molar-refractivity contribution in [2.75, 3.05) is 27.9 Å². The lowest BCUT2D eigenvalue weighted by Gasteiger charge is -2.38. The van der Waals surface area contributed by atoms with E-state index in [1.807, 2.05) is 0 Å². The molecule has 1 fully saturated rings. The minimum Gasteiger partial charge on any atom is -0.468 e. The van der Waals surface area contributed by atoms with Crippen LogP contribution in [-0.2, 0) is 23.8 Å². The quantitative estimate of drug-likeness (QED) is 0.657. The van der Waals surface area contributed by atoms with Crippen LogP contribution in [0.5, 0.6) is 0 Å². The molecule has 0 aliphatic carbocycles. The normalized spacial score (nSPS) is 25.4. The van der Waals surface area contributed by atoms with Crippen LogP contribution in [0.3, 0.4) is 0 Å². The van der Waals surface area contributed by atoms with Gasteiger partial charge in [-0.15, -0.1) is 0 Å². The molecular formula is C11H19NO5. The fourth-order valence-corrected chi connectivity index (χ4v) is 2.09. The average molecular weight is 245 g/mol. The summed E-state index contributed by atoms with van der Waals surface area (Å²) in [6, 6.07) is -0.433. The van der Waals surface area contributed by atoms with Gasteiger partial charge in [0.05, 0.1) is 20.8 Å². The summed E-state index contributed by atoms with van der Waals surface area (Å²) in [5.74, 6) is -0.724. The Morgan fingerprint density at radius 3 is 2.41 bits per heavy atom. The standard InChI is InChI=1S/C11H19NO5/c1-15-9-6-4-5-8(11(14)17-3)12(9)7-10(13)16-2/h8-9H,4-7H2,1-3H3/t8-,9?/m1/s1. The molecule has 98 valence electrons. The largest absolute Gasteiger partial charge is 0.468 e. The number of hydrogen-bond donors (Lipinski definition) is 0. The molecule has 1 rings (SSSR count). The molecule has 0 amide bonds. The summed E-state index contributed by atoms with van der Waals surface area (Å²) in [5.41, 5.74) is 0. The first-order valence-electron chi connectivity index (χ1n) is 5.57. The summed E-state index contributed by atoms with van der Waals surface area (Å²) in [5, 5.41) is 0. The van der Waals surface area contributed by atoms with Gasteiger partial charge in [-0.25, -0.2) is 0 Å². The average Bonchev–Trinajstić information content (AvgIpc) is 2.37. The van der Waals surface area contributed by atoms with Crippen LogP contribution in [0.25, 0.3) is 0 Å². The van der Waals surface area contributed by atoms with Gasteiger partial charge >= 0.3 is 11.9 Å². The minimum absolute atomic E-state index is 0.0365. The molecule has 0 N–H and O–H groups in total. The van der Waals surface area contributed by atoms with Crippen molar-refractivity contribution < 1.29 is 23.8 Å². The summed E-state index contributed by atoms with van der Waals surface area (Å²) in [7, 11) is 4.23. The molecule has 0 aromatic heterocycles.